The number of benzene rings is 1. The summed E-state index contributed by atoms with van der Waals surface area (Å²) in [5.74, 6) is 0.642. The number of rotatable bonds is 17. The first-order valence-electron chi connectivity index (χ1n) is 17.1. The molecule has 45 heavy (non-hydrogen) atoms. The molecule has 2 aromatic carbocycles. The highest BCUT2D eigenvalue weighted by atomic mass is 28.3. The lowest BCUT2D eigenvalue weighted by molar-refractivity contribution is -0.00235. The molecule has 0 spiro atoms. The highest BCUT2D eigenvalue weighted by Gasteiger charge is 2.35. The number of hydrogen-bond acceptors (Lipinski definition) is 7. The second kappa shape index (κ2) is 16.7. The van der Waals surface area contributed by atoms with E-state index in [2.05, 4.69) is 42.0 Å². The minimum Gasteiger partial charge on any atom is -0.465 e. The van der Waals surface area contributed by atoms with Crippen molar-refractivity contribution in [1.82, 2.24) is 4.90 Å². The molecule has 1 aliphatic heterocycles. The molecule has 1 aliphatic carbocycles. The van der Waals surface area contributed by atoms with Crippen molar-refractivity contribution in [2.45, 2.75) is 95.6 Å². The van der Waals surface area contributed by atoms with Crippen molar-refractivity contribution in [3.63, 3.8) is 0 Å². The lowest BCUT2D eigenvalue weighted by Gasteiger charge is -2.39. The molecule has 10 heteroatoms. The number of nitrogens with one attached hydrogen (secondary N) is 1. The average molecular weight is 642 g/mol. The van der Waals surface area contributed by atoms with E-state index in [0.29, 0.717) is 56.7 Å². The molecule has 2 unspecified atom stereocenters. The maximum atomic E-state index is 13.1. The number of anilines is 2. The number of carbonyl (C=O) groups is 1. The van der Waals surface area contributed by atoms with Gasteiger partial charge in [0, 0.05) is 66.5 Å². The molecule has 3 atom stereocenters. The van der Waals surface area contributed by atoms with Gasteiger partial charge in [0.05, 0.1) is 6.10 Å². The zero-order valence-corrected chi connectivity index (χ0v) is 28.9. The normalized spacial score (nSPS) is 19.4. The van der Waals surface area contributed by atoms with Crippen LogP contribution in [0.3, 0.4) is 0 Å². The average Bonchev–Trinajstić information content (AvgIpc) is 3.03. The van der Waals surface area contributed by atoms with Gasteiger partial charge in [-0.05, 0) is 43.2 Å². The molecule has 2 aliphatic rings. The van der Waals surface area contributed by atoms with E-state index < -0.39 is 25.0 Å². The third-order valence-electron chi connectivity index (χ3n) is 9.54. The van der Waals surface area contributed by atoms with E-state index in [9.17, 15) is 19.5 Å². The Kier molecular flexibility index (Phi) is 13.1. The fourth-order valence-electron chi connectivity index (χ4n) is 7.05. The molecule has 1 heterocycles. The van der Waals surface area contributed by atoms with Crippen molar-refractivity contribution in [1.29, 1.82) is 0 Å². The zero-order valence-electron chi connectivity index (χ0n) is 27.9. The first kappa shape index (κ1) is 35.2. The van der Waals surface area contributed by atoms with Crippen LogP contribution in [0.2, 0.25) is 25.7 Å². The maximum absolute atomic E-state index is 13.1. The minimum atomic E-state index is -1.45. The Morgan fingerprint density at radius 2 is 1.78 bits per heavy atom. The quantitative estimate of drug-likeness (QED) is 0.117. The molecule has 2 aromatic rings. The van der Waals surface area contributed by atoms with Crippen LogP contribution in [0.15, 0.2) is 39.9 Å². The van der Waals surface area contributed by atoms with Gasteiger partial charge in [0.15, 0.2) is 0 Å². The Morgan fingerprint density at radius 1 is 1.04 bits per heavy atom. The Morgan fingerprint density at radius 3 is 2.44 bits per heavy atom. The number of methoxy groups -OCH3 is 1. The number of hydrogen-bond donors (Lipinski definition) is 2. The first-order chi connectivity index (χ1) is 21.6. The third-order valence-corrected chi connectivity index (χ3v) is 11.3. The molecule has 250 valence electrons. The van der Waals surface area contributed by atoms with Crippen LogP contribution in [-0.2, 0) is 9.47 Å². The summed E-state index contributed by atoms with van der Waals surface area (Å²) >= 11 is 0. The molecule has 0 aromatic heterocycles. The molecule has 9 nitrogen and oxygen atoms in total. The van der Waals surface area contributed by atoms with Gasteiger partial charge in [-0.2, -0.15) is 0 Å². The zero-order chi connectivity index (χ0) is 32.4. The van der Waals surface area contributed by atoms with Crippen molar-refractivity contribution < 1.29 is 19.4 Å². The van der Waals surface area contributed by atoms with Gasteiger partial charge in [-0.15, -0.1) is 0 Å². The van der Waals surface area contributed by atoms with Crippen LogP contribution in [0, 0.1) is 11.8 Å². The third kappa shape index (κ3) is 10.1. The molecule has 1 amide bonds. The van der Waals surface area contributed by atoms with Crippen molar-refractivity contribution in [2.24, 2.45) is 11.8 Å². The lowest BCUT2D eigenvalue weighted by Crippen LogP contribution is -2.49. The number of nitrogens with zero attached hydrogens (tertiary/aromatic N) is 2. The van der Waals surface area contributed by atoms with E-state index in [-0.39, 0.29) is 18.1 Å². The smallest absolute Gasteiger partial charge is 0.407 e. The monoisotopic (exact) mass is 641 g/mol. The van der Waals surface area contributed by atoms with Crippen molar-refractivity contribution >= 4 is 25.5 Å². The van der Waals surface area contributed by atoms with Gasteiger partial charge in [-0.1, -0.05) is 82.1 Å². The van der Waals surface area contributed by atoms with Crippen LogP contribution in [0.1, 0.15) is 69.5 Å². The number of carboxylic acid groups (broad SMARTS) is 1. The van der Waals surface area contributed by atoms with Gasteiger partial charge in [0.1, 0.15) is 11.4 Å². The van der Waals surface area contributed by atoms with Crippen molar-refractivity contribution in [3.05, 3.63) is 56.3 Å². The fraction of sp³-hybridized carbons (Fsp3) is 0.686. The highest BCUT2D eigenvalue weighted by molar-refractivity contribution is 6.76. The summed E-state index contributed by atoms with van der Waals surface area (Å²) in [6.07, 6.45) is 8.27. The standard InChI is InChI=1S/C35H55N3O6Si/c1-43-20-12-21-44-34(27-15-9-6-10-16-27)28-17-11-18-37(24-28)31-30(32(39)33(31)40)36-29(23-26-13-7-5-8-14-26)25-38(35(41)42)19-22-45(2,3)4/h6,9-10,15-16,26,28-29,34,36H,5,7-8,11-14,17-25H2,1-4H3,(H,41,42)/t28?,29?,34-/m1/s1. The number of piperidine rings is 1. The first-order valence-corrected chi connectivity index (χ1v) is 20.8. The molecule has 2 fully saturated rings. The number of amides is 1. The van der Waals surface area contributed by atoms with E-state index >= 15 is 0 Å². The molecule has 0 radical (unpaired) electrons. The SMILES string of the molecule is COCCCO[C@H](c1ccccc1)C1CCCN(c2c(NC(CC3CCCCC3)CN(CC[Si](C)(C)C)C(=O)O)c(=O)c2=O)C1. The van der Waals surface area contributed by atoms with Crippen LogP contribution in [0.25, 0.3) is 0 Å². The fourth-order valence-corrected chi connectivity index (χ4v) is 7.99. The molecule has 0 bridgehead atoms. The van der Waals surface area contributed by atoms with Crippen LogP contribution in [0.4, 0.5) is 16.2 Å². The number of ether oxygens (including phenoxy) is 2. The summed E-state index contributed by atoms with van der Waals surface area (Å²) in [4.78, 5) is 42.2. The summed E-state index contributed by atoms with van der Waals surface area (Å²) in [7, 11) is 0.240. The van der Waals surface area contributed by atoms with Gasteiger partial charge >= 0.3 is 6.09 Å². The van der Waals surface area contributed by atoms with Crippen molar-refractivity contribution in [2.75, 3.05) is 56.7 Å². The predicted molar refractivity (Wildman–Crippen MR) is 184 cm³/mol. The molecule has 1 saturated carbocycles. The van der Waals surface area contributed by atoms with Gasteiger partial charge in [0.2, 0.25) is 0 Å². The highest BCUT2D eigenvalue weighted by Crippen LogP contribution is 2.36. The molecule has 4 rings (SSSR count). The Bertz CT molecular complexity index is 1270. The molecular formula is C35H55N3O6Si. The Balaban J connectivity index is 1.53. The summed E-state index contributed by atoms with van der Waals surface area (Å²) in [6, 6.07) is 10.9. The summed E-state index contributed by atoms with van der Waals surface area (Å²) in [5, 5.41) is 13.6. The summed E-state index contributed by atoms with van der Waals surface area (Å²) in [6.45, 7) is 10.1. The van der Waals surface area contributed by atoms with Crippen molar-refractivity contribution in [3.8, 4) is 0 Å². The van der Waals surface area contributed by atoms with E-state index in [4.69, 9.17) is 9.47 Å². The second-order valence-electron chi connectivity index (χ2n) is 14.4. The van der Waals surface area contributed by atoms with Crippen LogP contribution < -0.4 is 21.1 Å². The molecule has 2 N–H and O–H groups in total. The van der Waals surface area contributed by atoms with Crippen LogP contribution in [0.5, 0.6) is 0 Å². The van der Waals surface area contributed by atoms with Gasteiger partial charge in [-0.25, -0.2) is 4.79 Å². The topological polar surface area (TPSA) is 108 Å². The van der Waals surface area contributed by atoms with E-state index in [1.165, 1.54) is 24.2 Å². The summed E-state index contributed by atoms with van der Waals surface area (Å²) < 4.78 is 11.7. The minimum absolute atomic E-state index is 0.122. The lowest BCUT2D eigenvalue weighted by atomic mass is 9.84. The largest absolute Gasteiger partial charge is 0.465 e. The van der Waals surface area contributed by atoms with E-state index in [0.717, 1.165) is 50.1 Å². The predicted octanol–water partition coefficient (Wildman–Crippen LogP) is 6.36. The second-order valence-corrected chi connectivity index (χ2v) is 20.0. The Hall–Kier alpha value is -2.69. The van der Waals surface area contributed by atoms with Gasteiger partial charge in [0.25, 0.3) is 10.9 Å². The maximum Gasteiger partial charge on any atom is 0.407 e. The Labute approximate surface area is 270 Å². The van der Waals surface area contributed by atoms with E-state index in [1.807, 2.05) is 18.2 Å². The van der Waals surface area contributed by atoms with Gasteiger partial charge in [-0.3, -0.25) is 9.59 Å². The summed E-state index contributed by atoms with van der Waals surface area (Å²) in [5.41, 5.74) is 1.02. The van der Waals surface area contributed by atoms with Gasteiger partial charge < -0.3 is 29.7 Å². The van der Waals surface area contributed by atoms with Crippen LogP contribution >= 0.6 is 0 Å². The van der Waals surface area contributed by atoms with Crippen LogP contribution in [-0.4, -0.2) is 76.7 Å². The molecule has 1 saturated heterocycles. The van der Waals surface area contributed by atoms with E-state index in [1.54, 1.807) is 7.11 Å². The molecular weight excluding hydrogens is 586 g/mol.